The Bertz CT molecular complexity index is 261. The van der Waals surface area contributed by atoms with Crippen molar-refractivity contribution < 1.29 is 14.2 Å². The highest BCUT2D eigenvalue weighted by Crippen LogP contribution is 2.30. The van der Waals surface area contributed by atoms with E-state index >= 15 is 0 Å². The smallest absolute Gasteiger partial charge is 0.104 e. The zero-order valence-corrected chi connectivity index (χ0v) is 15.4. The highest BCUT2D eigenvalue weighted by atomic mass is 16.6. The third kappa shape index (κ3) is 9.12. The molecule has 132 valence electrons. The standard InChI is InChI=1S/C19H38O3/c1-5-7-8-9-10-11-12-17(19(3,4)22-6-2)13-14-20-15-18-16-21-18/h17-18H,5-16H2,1-4H3. The molecule has 0 amide bonds. The quantitative estimate of drug-likeness (QED) is 0.316. The van der Waals surface area contributed by atoms with Crippen molar-refractivity contribution in [3.8, 4) is 0 Å². The van der Waals surface area contributed by atoms with Gasteiger partial charge in [-0.1, -0.05) is 45.4 Å². The van der Waals surface area contributed by atoms with Gasteiger partial charge in [0.2, 0.25) is 0 Å². The van der Waals surface area contributed by atoms with Gasteiger partial charge < -0.3 is 14.2 Å². The van der Waals surface area contributed by atoms with E-state index in [2.05, 4.69) is 27.7 Å². The molecule has 3 nitrogen and oxygen atoms in total. The maximum Gasteiger partial charge on any atom is 0.104 e. The maximum atomic E-state index is 6.00. The number of hydrogen-bond donors (Lipinski definition) is 0. The van der Waals surface area contributed by atoms with Crippen LogP contribution in [0.5, 0.6) is 0 Å². The molecule has 1 aliphatic rings. The van der Waals surface area contributed by atoms with Crippen LogP contribution in [0.15, 0.2) is 0 Å². The fourth-order valence-corrected chi connectivity index (χ4v) is 3.11. The summed E-state index contributed by atoms with van der Waals surface area (Å²) in [6.45, 7) is 12.1. The van der Waals surface area contributed by atoms with Crippen LogP contribution in [0.1, 0.15) is 79.1 Å². The Morgan fingerprint density at radius 2 is 1.73 bits per heavy atom. The van der Waals surface area contributed by atoms with E-state index in [0.717, 1.165) is 32.8 Å². The summed E-state index contributed by atoms with van der Waals surface area (Å²) in [5, 5.41) is 0. The van der Waals surface area contributed by atoms with Gasteiger partial charge in [0.15, 0.2) is 0 Å². The lowest BCUT2D eigenvalue weighted by Crippen LogP contribution is -2.35. The number of epoxide rings is 1. The van der Waals surface area contributed by atoms with Crippen LogP contribution < -0.4 is 0 Å². The minimum absolute atomic E-state index is 0.0440. The Labute approximate surface area is 138 Å². The lowest BCUT2D eigenvalue weighted by atomic mass is 9.83. The Kier molecular flexibility index (Phi) is 10.3. The first kappa shape index (κ1) is 19.9. The van der Waals surface area contributed by atoms with Gasteiger partial charge in [-0.05, 0) is 39.5 Å². The average molecular weight is 315 g/mol. The molecular formula is C19H38O3. The van der Waals surface area contributed by atoms with Gasteiger partial charge in [-0.15, -0.1) is 0 Å². The molecule has 22 heavy (non-hydrogen) atoms. The van der Waals surface area contributed by atoms with E-state index in [0.29, 0.717) is 12.0 Å². The molecule has 2 unspecified atom stereocenters. The van der Waals surface area contributed by atoms with Crippen LogP contribution in [0.4, 0.5) is 0 Å². The van der Waals surface area contributed by atoms with Gasteiger partial charge in [-0.2, -0.15) is 0 Å². The van der Waals surface area contributed by atoms with E-state index in [-0.39, 0.29) is 5.60 Å². The molecule has 0 N–H and O–H groups in total. The van der Waals surface area contributed by atoms with Crippen molar-refractivity contribution in [3.05, 3.63) is 0 Å². The number of hydrogen-bond acceptors (Lipinski definition) is 3. The molecular weight excluding hydrogens is 276 g/mol. The average Bonchev–Trinajstić information content (AvgIpc) is 3.28. The Morgan fingerprint density at radius 3 is 2.36 bits per heavy atom. The van der Waals surface area contributed by atoms with Crippen molar-refractivity contribution in [2.24, 2.45) is 5.92 Å². The Morgan fingerprint density at radius 1 is 1.05 bits per heavy atom. The first-order chi connectivity index (χ1) is 10.6. The summed E-state index contributed by atoms with van der Waals surface area (Å²) in [5.74, 6) is 0.582. The highest BCUT2D eigenvalue weighted by Gasteiger charge is 2.29. The largest absolute Gasteiger partial charge is 0.379 e. The summed E-state index contributed by atoms with van der Waals surface area (Å²) in [6, 6.07) is 0. The zero-order chi connectivity index (χ0) is 16.3. The number of rotatable bonds is 15. The summed E-state index contributed by atoms with van der Waals surface area (Å²) in [4.78, 5) is 0. The van der Waals surface area contributed by atoms with Crippen LogP contribution in [0.25, 0.3) is 0 Å². The molecule has 0 radical (unpaired) electrons. The Balaban J connectivity index is 2.22. The molecule has 0 aromatic rings. The molecule has 2 atom stereocenters. The lowest BCUT2D eigenvalue weighted by molar-refractivity contribution is -0.0665. The Hall–Kier alpha value is -0.120. The molecule has 3 heteroatoms. The van der Waals surface area contributed by atoms with Crippen molar-refractivity contribution in [1.82, 2.24) is 0 Å². The van der Waals surface area contributed by atoms with E-state index in [4.69, 9.17) is 14.2 Å². The molecule has 1 aliphatic heterocycles. The van der Waals surface area contributed by atoms with Gasteiger partial charge in [0, 0.05) is 13.2 Å². The number of unbranched alkanes of at least 4 members (excludes halogenated alkanes) is 5. The minimum atomic E-state index is -0.0440. The van der Waals surface area contributed by atoms with Crippen LogP contribution in [-0.4, -0.2) is 38.1 Å². The molecule has 1 heterocycles. The van der Waals surface area contributed by atoms with Gasteiger partial charge >= 0.3 is 0 Å². The van der Waals surface area contributed by atoms with E-state index in [1.165, 1.54) is 44.9 Å². The first-order valence-corrected chi connectivity index (χ1v) is 9.43. The second-order valence-corrected chi connectivity index (χ2v) is 7.11. The molecule has 0 spiro atoms. The zero-order valence-electron chi connectivity index (χ0n) is 15.4. The molecule has 0 aromatic heterocycles. The predicted molar refractivity (Wildman–Crippen MR) is 92.4 cm³/mol. The number of ether oxygens (including phenoxy) is 3. The lowest BCUT2D eigenvalue weighted by Gasteiger charge is -2.34. The van der Waals surface area contributed by atoms with Gasteiger partial charge in [0.05, 0.1) is 18.8 Å². The van der Waals surface area contributed by atoms with Crippen molar-refractivity contribution in [2.45, 2.75) is 90.8 Å². The summed E-state index contributed by atoms with van der Waals surface area (Å²) in [6.07, 6.45) is 10.9. The van der Waals surface area contributed by atoms with Crippen LogP contribution in [0.3, 0.4) is 0 Å². The molecule has 0 aliphatic carbocycles. The van der Waals surface area contributed by atoms with Crippen molar-refractivity contribution in [1.29, 1.82) is 0 Å². The van der Waals surface area contributed by atoms with Gasteiger partial charge in [0.25, 0.3) is 0 Å². The summed E-state index contributed by atoms with van der Waals surface area (Å²) in [5.41, 5.74) is -0.0440. The van der Waals surface area contributed by atoms with E-state index in [1.54, 1.807) is 0 Å². The molecule has 1 fully saturated rings. The SMILES string of the molecule is CCCCCCCCC(CCOCC1CO1)C(C)(C)OCC. The summed E-state index contributed by atoms with van der Waals surface area (Å²) in [7, 11) is 0. The monoisotopic (exact) mass is 314 g/mol. The highest BCUT2D eigenvalue weighted by molar-refractivity contribution is 4.80. The fraction of sp³-hybridized carbons (Fsp3) is 1.00. The van der Waals surface area contributed by atoms with Crippen LogP contribution in [0, 0.1) is 5.92 Å². The van der Waals surface area contributed by atoms with Crippen molar-refractivity contribution in [2.75, 3.05) is 26.4 Å². The predicted octanol–water partition coefficient (Wildman–Crippen LogP) is 4.97. The van der Waals surface area contributed by atoms with E-state index in [1.807, 2.05) is 0 Å². The molecule has 1 rings (SSSR count). The van der Waals surface area contributed by atoms with Crippen LogP contribution in [-0.2, 0) is 14.2 Å². The third-order valence-corrected chi connectivity index (χ3v) is 4.72. The minimum Gasteiger partial charge on any atom is -0.379 e. The second-order valence-electron chi connectivity index (χ2n) is 7.11. The summed E-state index contributed by atoms with van der Waals surface area (Å²) < 4.78 is 16.9. The van der Waals surface area contributed by atoms with Crippen LogP contribution in [0.2, 0.25) is 0 Å². The van der Waals surface area contributed by atoms with Gasteiger partial charge in [0.1, 0.15) is 6.10 Å². The molecule has 0 saturated carbocycles. The molecule has 0 bridgehead atoms. The van der Waals surface area contributed by atoms with Crippen molar-refractivity contribution in [3.63, 3.8) is 0 Å². The maximum absolute atomic E-state index is 6.00. The van der Waals surface area contributed by atoms with Crippen molar-refractivity contribution >= 4 is 0 Å². The first-order valence-electron chi connectivity index (χ1n) is 9.43. The second kappa shape index (κ2) is 11.4. The third-order valence-electron chi connectivity index (χ3n) is 4.72. The molecule has 1 saturated heterocycles. The van der Waals surface area contributed by atoms with Gasteiger partial charge in [-0.25, -0.2) is 0 Å². The fourth-order valence-electron chi connectivity index (χ4n) is 3.11. The topological polar surface area (TPSA) is 31.0 Å². The van der Waals surface area contributed by atoms with Crippen LogP contribution >= 0.6 is 0 Å². The molecule has 0 aromatic carbocycles. The van der Waals surface area contributed by atoms with E-state index < -0.39 is 0 Å². The summed E-state index contributed by atoms with van der Waals surface area (Å²) >= 11 is 0. The normalized spacial score (nSPS) is 19.4. The van der Waals surface area contributed by atoms with Gasteiger partial charge in [-0.3, -0.25) is 0 Å². The van der Waals surface area contributed by atoms with E-state index in [9.17, 15) is 0 Å².